The van der Waals surface area contributed by atoms with Gasteiger partial charge in [0.05, 0.1) is 18.3 Å². The van der Waals surface area contributed by atoms with Crippen LogP contribution < -0.4 is 0 Å². The van der Waals surface area contributed by atoms with Crippen molar-refractivity contribution in [3.05, 3.63) is 24.3 Å². The third-order valence-electron chi connectivity index (χ3n) is 14.3. The minimum atomic E-state index is -1.51. The zero-order chi connectivity index (χ0) is 33.0. The van der Waals surface area contributed by atoms with Gasteiger partial charge in [-0.2, -0.15) is 0 Å². The summed E-state index contributed by atoms with van der Waals surface area (Å²) in [6.45, 7) is 14.6. The monoisotopic (exact) mass is 634 g/mol. The predicted molar refractivity (Wildman–Crippen MR) is 167 cm³/mol. The Morgan fingerprint density at radius 3 is 2.33 bits per heavy atom. The molecular weight excluding hydrogens is 576 g/mol. The minimum Gasteiger partial charge on any atom is -0.394 e. The van der Waals surface area contributed by atoms with E-state index in [0.717, 1.165) is 38.5 Å². The molecule has 0 amide bonds. The number of rotatable bonds is 7. The Morgan fingerprint density at radius 1 is 0.956 bits per heavy atom. The average Bonchev–Trinajstić information content (AvgIpc) is 3.32. The van der Waals surface area contributed by atoms with E-state index in [4.69, 9.17) is 14.2 Å². The van der Waals surface area contributed by atoms with Crippen molar-refractivity contribution in [3.63, 3.8) is 0 Å². The van der Waals surface area contributed by atoms with E-state index in [-0.39, 0.29) is 22.7 Å². The van der Waals surface area contributed by atoms with Crippen molar-refractivity contribution < 1.29 is 44.8 Å². The Balaban J connectivity index is 1.28. The first-order valence-electron chi connectivity index (χ1n) is 17.3. The van der Waals surface area contributed by atoms with E-state index in [2.05, 4.69) is 52.8 Å². The maximum atomic E-state index is 12.0. The SMILES string of the molecule is C[C@H](C/C=C/C(C)(C)O)[C@H]1CC[C@@]2(C)[C@@H]3C=C[C@@]45O[C@@H](O)C3(CC[C@]12C)C4CC[C@H](O[C@@H]1O[C@H](CO)[C@@H](O)[C@@H](O)[C@H]1O)C5(C)C. The lowest BCUT2D eigenvalue weighted by Crippen LogP contribution is -2.66. The largest absolute Gasteiger partial charge is 0.394 e. The van der Waals surface area contributed by atoms with Gasteiger partial charge in [-0.3, -0.25) is 0 Å². The first kappa shape index (κ1) is 34.0. The zero-order valence-electron chi connectivity index (χ0n) is 28.2. The van der Waals surface area contributed by atoms with Crippen molar-refractivity contribution in [2.75, 3.05) is 6.61 Å². The summed E-state index contributed by atoms with van der Waals surface area (Å²) in [5, 5.41) is 63.2. The highest BCUT2D eigenvalue weighted by molar-refractivity contribution is 5.34. The summed E-state index contributed by atoms with van der Waals surface area (Å²) in [7, 11) is 0. The molecule has 45 heavy (non-hydrogen) atoms. The van der Waals surface area contributed by atoms with Crippen LogP contribution >= 0.6 is 0 Å². The topological polar surface area (TPSA) is 149 Å². The van der Waals surface area contributed by atoms with Crippen LogP contribution in [0.5, 0.6) is 0 Å². The highest BCUT2D eigenvalue weighted by atomic mass is 16.7. The van der Waals surface area contributed by atoms with Gasteiger partial charge in [0.1, 0.15) is 30.0 Å². The standard InChI is InChI=1S/C36H58O9/c1-20(9-8-14-31(2,3)42)21-12-15-34(7)23-13-16-36-24(35(23,30(41)45-36)18-17-33(21,34)6)10-11-25(32(36,4)5)44-29-28(40)27(39)26(38)22(19-37)43-29/h8,13-14,16,20-30,37-42H,9-12,15,17-19H2,1-7H3/b14-8+/t20-,21-,22-,23+,24?,25+,26-,27-,28-,29+,30-,33-,34+,35?,36-/m1/s1. The summed E-state index contributed by atoms with van der Waals surface area (Å²) >= 11 is 0. The number of aliphatic hydroxyl groups excluding tert-OH is 5. The lowest BCUT2D eigenvalue weighted by atomic mass is 9.38. The average molecular weight is 635 g/mol. The number of aliphatic hydroxyl groups is 6. The number of fused-ring (bicyclic) bond motifs is 2. The normalized spacial score (nSPS) is 52.8. The molecule has 3 saturated carbocycles. The molecule has 6 N–H and O–H groups in total. The Labute approximate surface area is 268 Å². The number of ether oxygens (including phenoxy) is 3. The number of hydrogen-bond donors (Lipinski definition) is 6. The van der Waals surface area contributed by atoms with Crippen molar-refractivity contribution in [2.24, 2.45) is 45.3 Å². The summed E-state index contributed by atoms with van der Waals surface area (Å²) in [6, 6.07) is 0. The third kappa shape index (κ3) is 4.66. The first-order valence-corrected chi connectivity index (χ1v) is 17.3. The summed E-state index contributed by atoms with van der Waals surface area (Å²) in [5.41, 5.74) is -2.52. The lowest BCUT2D eigenvalue weighted by Gasteiger charge is -2.65. The molecular formula is C36H58O9. The van der Waals surface area contributed by atoms with Gasteiger partial charge in [-0.05, 0) is 87.4 Å². The molecule has 2 unspecified atom stereocenters. The van der Waals surface area contributed by atoms with Crippen LogP contribution in [0.1, 0.15) is 93.4 Å². The molecule has 6 aliphatic rings. The molecule has 0 aromatic heterocycles. The molecule has 5 fully saturated rings. The highest BCUT2D eigenvalue weighted by Crippen LogP contribution is 2.78. The van der Waals surface area contributed by atoms with Gasteiger partial charge < -0.3 is 44.8 Å². The summed E-state index contributed by atoms with van der Waals surface area (Å²) in [6.07, 6.45) is 7.14. The minimum absolute atomic E-state index is 0.00466. The van der Waals surface area contributed by atoms with E-state index in [0.29, 0.717) is 18.3 Å². The van der Waals surface area contributed by atoms with E-state index in [1.165, 1.54) is 0 Å². The van der Waals surface area contributed by atoms with Crippen molar-refractivity contribution in [2.45, 2.75) is 148 Å². The third-order valence-corrected chi connectivity index (χ3v) is 14.3. The lowest BCUT2D eigenvalue weighted by molar-refractivity contribution is -0.330. The fourth-order valence-electron chi connectivity index (χ4n) is 11.5. The van der Waals surface area contributed by atoms with Gasteiger partial charge in [-0.15, -0.1) is 0 Å². The van der Waals surface area contributed by atoms with Gasteiger partial charge in [0.15, 0.2) is 12.6 Å². The van der Waals surface area contributed by atoms with E-state index in [1.54, 1.807) is 0 Å². The second-order valence-electron chi connectivity index (χ2n) is 17.1. The Kier molecular flexibility index (Phi) is 8.37. The van der Waals surface area contributed by atoms with E-state index in [1.807, 2.05) is 19.9 Å². The van der Waals surface area contributed by atoms with Crippen LogP contribution in [0, 0.1) is 45.3 Å². The summed E-state index contributed by atoms with van der Waals surface area (Å²) in [4.78, 5) is 0. The molecule has 0 aromatic rings. The fourth-order valence-corrected chi connectivity index (χ4v) is 11.5. The van der Waals surface area contributed by atoms with Gasteiger partial charge in [-0.25, -0.2) is 0 Å². The second kappa shape index (κ2) is 11.1. The van der Waals surface area contributed by atoms with Crippen molar-refractivity contribution in [3.8, 4) is 0 Å². The molecule has 2 aliphatic heterocycles. The number of hydrogen-bond acceptors (Lipinski definition) is 9. The Bertz CT molecular complexity index is 1180. The summed E-state index contributed by atoms with van der Waals surface area (Å²) in [5.74, 6) is 1.29. The molecule has 0 aromatic carbocycles. The smallest absolute Gasteiger partial charge is 0.186 e. The molecule has 0 radical (unpaired) electrons. The zero-order valence-corrected chi connectivity index (χ0v) is 28.2. The maximum Gasteiger partial charge on any atom is 0.186 e. The molecule has 2 saturated heterocycles. The van der Waals surface area contributed by atoms with Gasteiger partial charge in [-0.1, -0.05) is 58.9 Å². The van der Waals surface area contributed by atoms with Crippen LogP contribution in [0.3, 0.4) is 0 Å². The van der Waals surface area contributed by atoms with Crippen LogP contribution in [0.15, 0.2) is 24.3 Å². The van der Waals surface area contributed by atoms with Crippen molar-refractivity contribution >= 4 is 0 Å². The maximum absolute atomic E-state index is 12.0. The predicted octanol–water partition coefficient (Wildman–Crippen LogP) is 3.44. The Hall–Kier alpha value is -0.880. The second-order valence-corrected chi connectivity index (χ2v) is 17.1. The molecule has 256 valence electrons. The molecule has 9 heteroatoms. The van der Waals surface area contributed by atoms with Gasteiger partial charge in [0, 0.05) is 16.7 Å². The van der Waals surface area contributed by atoms with Crippen LogP contribution in [0.2, 0.25) is 0 Å². The van der Waals surface area contributed by atoms with Crippen LogP contribution in [-0.4, -0.2) is 91.5 Å². The van der Waals surface area contributed by atoms with Crippen LogP contribution in [0.25, 0.3) is 0 Å². The molecule has 1 spiro atoms. The molecule has 9 nitrogen and oxygen atoms in total. The molecule has 15 atom stereocenters. The molecule has 4 aliphatic carbocycles. The van der Waals surface area contributed by atoms with Crippen LogP contribution in [-0.2, 0) is 14.2 Å². The van der Waals surface area contributed by atoms with Crippen molar-refractivity contribution in [1.82, 2.24) is 0 Å². The van der Waals surface area contributed by atoms with Gasteiger partial charge >= 0.3 is 0 Å². The molecule has 2 heterocycles. The van der Waals surface area contributed by atoms with Gasteiger partial charge in [0.25, 0.3) is 0 Å². The molecule has 6 rings (SSSR count). The quantitative estimate of drug-likeness (QED) is 0.232. The van der Waals surface area contributed by atoms with E-state index >= 15 is 0 Å². The van der Waals surface area contributed by atoms with E-state index in [9.17, 15) is 30.6 Å². The summed E-state index contributed by atoms with van der Waals surface area (Å²) < 4.78 is 18.9. The van der Waals surface area contributed by atoms with Crippen LogP contribution in [0.4, 0.5) is 0 Å². The van der Waals surface area contributed by atoms with E-state index < -0.39 is 71.7 Å². The highest BCUT2D eigenvalue weighted by Gasteiger charge is 2.78. The first-order chi connectivity index (χ1) is 20.9. The number of allylic oxidation sites excluding steroid dienone is 2. The fraction of sp³-hybridized carbons (Fsp3) is 0.889. The Morgan fingerprint density at radius 2 is 1.67 bits per heavy atom. The molecule has 2 bridgehead atoms. The van der Waals surface area contributed by atoms with Crippen molar-refractivity contribution in [1.29, 1.82) is 0 Å². The van der Waals surface area contributed by atoms with Gasteiger partial charge in [0.2, 0.25) is 0 Å².